The summed E-state index contributed by atoms with van der Waals surface area (Å²) in [6.45, 7) is 2.53. The molecule has 2 atom stereocenters. The Morgan fingerprint density at radius 2 is 2.28 bits per heavy atom. The van der Waals surface area contributed by atoms with Crippen molar-refractivity contribution in [2.75, 3.05) is 6.54 Å². The van der Waals surface area contributed by atoms with Crippen LogP contribution < -0.4 is 5.32 Å². The summed E-state index contributed by atoms with van der Waals surface area (Å²) in [4.78, 5) is 12.5. The topological polar surface area (TPSA) is 49.3 Å². The molecule has 1 saturated carbocycles. The van der Waals surface area contributed by atoms with Gasteiger partial charge in [-0.2, -0.15) is 0 Å². The maximum Gasteiger partial charge on any atom is 0.251 e. The molecule has 3 nitrogen and oxygen atoms in total. The summed E-state index contributed by atoms with van der Waals surface area (Å²) in [5.41, 5.74) is 1.34. The average molecular weight is 312 g/mol. The number of nitrogens with one attached hydrogen (secondary N) is 1. The van der Waals surface area contributed by atoms with Gasteiger partial charge in [0.25, 0.3) is 5.91 Å². The lowest BCUT2D eigenvalue weighted by molar-refractivity contribution is 0.0947. The Hall–Kier alpha value is -1.03. The second-order valence-electron chi connectivity index (χ2n) is 4.99. The highest BCUT2D eigenvalue weighted by Gasteiger charge is 2.22. The number of phenolic OH excluding ortho intramolecular Hbond substituents is 1. The van der Waals surface area contributed by atoms with Crippen molar-refractivity contribution < 1.29 is 9.90 Å². The molecule has 0 aliphatic heterocycles. The Labute approximate surface area is 116 Å². The van der Waals surface area contributed by atoms with Crippen molar-refractivity contribution in [1.82, 2.24) is 5.32 Å². The van der Waals surface area contributed by atoms with Crippen LogP contribution in [0.5, 0.6) is 5.75 Å². The Bertz CT molecular complexity index is 447. The standard InChI is InChI=1S/C14H18BrNO2/c1-9-6-11(3-5-13(9)17)14(18)16-8-10-2-4-12(15)7-10/h3,5-6,10,12,17H,2,4,7-8H2,1H3,(H,16,18). The Balaban J connectivity index is 1.89. The molecule has 1 aromatic carbocycles. The molecule has 1 aliphatic carbocycles. The number of halogens is 1. The summed E-state index contributed by atoms with van der Waals surface area (Å²) in [5.74, 6) is 0.747. The smallest absolute Gasteiger partial charge is 0.251 e. The SMILES string of the molecule is Cc1cc(C(=O)NCC2CCC(Br)C2)ccc1O. The molecule has 4 heteroatoms. The minimum Gasteiger partial charge on any atom is -0.508 e. The van der Waals surface area contributed by atoms with Crippen LogP contribution in [0.1, 0.15) is 35.2 Å². The molecule has 1 aliphatic rings. The van der Waals surface area contributed by atoms with E-state index in [9.17, 15) is 9.90 Å². The van der Waals surface area contributed by atoms with Gasteiger partial charge in [0.1, 0.15) is 5.75 Å². The van der Waals surface area contributed by atoms with Gasteiger partial charge in [-0.15, -0.1) is 0 Å². The number of benzene rings is 1. The monoisotopic (exact) mass is 311 g/mol. The summed E-state index contributed by atoms with van der Waals surface area (Å²) in [5, 5.41) is 12.4. The van der Waals surface area contributed by atoms with Crippen LogP contribution in [0, 0.1) is 12.8 Å². The summed E-state index contributed by atoms with van der Waals surface area (Å²) in [6, 6.07) is 4.93. The molecule has 1 amide bonds. The first-order valence-electron chi connectivity index (χ1n) is 6.28. The van der Waals surface area contributed by atoms with Crippen molar-refractivity contribution in [3.8, 4) is 5.75 Å². The number of rotatable bonds is 3. The van der Waals surface area contributed by atoms with Gasteiger partial charge in [0.05, 0.1) is 0 Å². The Morgan fingerprint density at radius 1 is 1.50 bits per heavy atom. The lowest BCUT2D eigenvalue weighted by atomic mass is 10.1. The molecule has 2 unspecified atom stereocenters. The molecule has 0 radical (unpaired) electrons. The van der Waals surface area contributed by atoms with Gasteiger partial charge in [-0.25, -0.2) is 0 Å². The maximum atomic E-state index is 11.9. The number of amides is 1. The molecule has 0 aromatic heterocycles. The second kappa shape index (κ2) is 5.74. The predicted molar refractivity (Wildman–Crippen MR) is 75.2 cm³/mol. The van der Waals surface area contributed by atoms with E-state index in [-0.39, 0.29) is 11.7 Å². The van der Waals surface area contributed by atoms with Gasteiger partial charge in [0, 0.05) is 16.9 Å². The zero-order valence-electron chi connectivity index (χ0n) is 10.4. The molecule has 98 valence electrons. The van der Waals surface area contributed by atoms with Crippen LogP contribution in [0.15, 0.2) is 18.2 Å². The lowest BCUT2D eigenvalue weighted by Gasteiger charge is -2.11. The van der Waals surface area contributed by atoms with E-state index >= 15 is 0 Å². The normalized spacial score (nSPS) is 23.0. The van der Waals surface area contributed by atoms with Gasteiger partial charge < -0.3 is 10.4 Å². The van der Waals surface area contributed by atoms with Crippen LogP contribution in [0.3, 0.4) is 0 Å². The van der Waals surface area contributed by atoms with Crippen LogP contribution in [-0.2, 0) is 0 Å². The van der Waals surface area contributed by atoms with E-state index in [1.165, 1.54) is 12.8 Å². The third-order valence-corrected chi connectivity index (χ3v) is 4.32. The summed E-state index contributed by atoms with van der Waals surface area (Å²) < 4.78 is 0. The minimum absolute atomic E-state index is 0.0591. The van der Waals surface area contributed by atoms with Crippen LogP contribution >= 0.6 is 15.9 Å². The van der Waals surface area contributed by atoms with E-state index in [2.05, 4.69) is 21.2 Å². The molecule has 2 N–H and O–H groups in total. The second-order valence-corrected chi connectivity index (χ2v) is 6.28. The van der Waals surface area contributed by atoms with Gasteiger partial charge in [-0.05, 0) is 55.9 Å². The Morgan fingerprint density at radius 3 is 2.89 bits per heavy atom. The van der Waals surface area contributed by atoms with Crippen LogP contribution in [0.2, 0.25) is 0 Å². The predicted octanol–water partition coefficient (Wildman–Crippen LogP) is 2.99. The fraction of sp³-hybridized carbons (Fsp3) is 0.500. The molecule has 0 heterocycles. The van der Waals surface area contributed by atoms with Crippen LogP contribution in [0.4, 0.5) is 0 Å². The van der Waals surface area contributed by atoms with E-state index in [4.69, 9.17) is 0 Å². The van der Waals surface area contributed by atoms with Gasteiger partial charge >= 0.3 is 0 Å². The number of carbonyl (C=O) groups excluding carboxylic acids is 1. The number of aryl methyl sites for hydroxylation is 1. The Kier molecular flexibility index (Phi) is 4.27. The third-order valence-electron chi connectivity index (χ3n) is 3.49. The van der Waals surface area contributed by atoms with Gasteiger partial charge in [0.2, 0.25) is 0 Å². The zero-order valence-corrected chi connectivity index (χ0v) is 12.0. The van der Waals surface area contributed by atoms with Crippen LogP contribution in [0.25, 0.3) is 0 Å². The molecular formula is C14H18BrNO2. The van der Waals surface area contributed by atoms with Crippen molar-refractivity contribution in [2.45, 2.75) is 31.0 Å². The number of alkyl halides is 1. The number of phenols is 1. The van der Waals surface area contributed by atoms with Crippen molar-refractivity contribution in [3.05, 3.63) is 29.3 Å². The van der Waals surface area contributed by atoms with Crippen molar-refractivity contribution in [2.24, 2.45) is 5.92 Å². The zero-order chi connectivity index (χ0) is 13.1. The lowest BCUT2D eigenvalue weighted by Crippen LogP contribution is -2.28. The highest BCUT2D eigenvalue weighted by Crippen LogP contribution is 2.30. The minimum atomic E-state index is -0.0591. The molecule has 0 saturated heterocycles. The third kappa shape index (κ3) is 3.25. The fourth-order valence-corrected chi connectivity index (χ4v) is 3.13. The van der Waals surface area contributed by atoms with E-state index in [1.807, 2.05) is 0 Å². The fourth-order valence-electron chi connectivity index (χ4n) is 2.34. The first-order chi connectivity index (χ1) is 8.56. The van der Waals surface area contributed by atoms with Crippen LogP contribution in [-0.4, -0.2) is 22.4 Å². The number of hydrogen-bond donors (Lipinski definition) is 2. The number of carbonyl (C=O) groups is 1. The van der Waals surface area contributed by atoms with E-state index in [1.54, 1.807) is 25.1 Å². The largest absolute Gasteiger partial charge is 0.508 e. The summed E-state index contributed by atoms with van der Waals surface area (Å²) in [6.07, 6.45) is 3.50. The number of aromatic hydroxyl groups is 1. The van der Waals surface area contributed by atoms with Gasteiger partial charge in [-0.3, -0.25) is 4.79 Å². The van der Waals surface area contributed by atoms with Gasteiger partial charge in [0.15, 0.2) is 0 Å². The summed E-state index contributed by atoms with van der Waals surface area (Å²) in [7, 11) is 0. The number of hydrogen-bond acceptors (Lipinski definition) is 2. The van der Waals surface area contributed by atoms with Crippen molar-refractivity contribution in [3.63, 3.8) is 0 Å². The summed E-state index contributed by atoms with van der Waals surface area (Å²) >= 11 is 3.61. The molecule has 1 aromatic rings. The first-order valence-corrected chi connectivity index (χ1v) is 7.19. The molecule has 18 heavy (non-hydrogen) atoms. The molecule has 2 rings (SSSR count). The van der Waals surface area contributed by atoms with Crippen molar-refractivity contribution in [1.29, 1.82) is 0 Å². The van der Waals surface area contributed by atoms with E-state index in [0.29, 0.717) is 16.3 Å². The highest BCUT2D eigenvalue weighted by atomic mass is 79.9. The molecule has 1 fully saturated rings. The average Bonchev–Trinajstić information content (AvgIpc) is 2.75. The quantitative estimate of drug-likeness (QED) is 0.843. The molecule has 0 bridgehead atoms. The van der Waals surface area contributed by atoms with Crippen molar-refractivity contribution >= 4 is 21.8 Å². The first kappa shape index (κ1) is 13.4. The van der Waals surface area contributed by atoms with E-state index in [0.717, 1.165) is 18.5 Å². The highest BCUT2D eigenvalue weighted by molar-refractivity contribution is 9.09. The molecule has 0 spiro atoms. The molecular weight excluding hydrogens is 294 g/mol. The van der Waals surface area contributed by atoms with Gasteiger partial charge in [-0.1, -0.05) is 15.9 Å². The van der Waals surface area contributed by atoms with E-state index < -0.39 is 0 Å². The maximum absolute atomic E-state index is 11.9.